The molecule has 0 radical (unpaired) electrons. The zero-order valence-corrected chi connectivity index (χ0v) is 14.3. The Morgan fingerprint density at radius 1 is 1.00 bits per heavy atom. The first-order valence-electron chi connectivity index (χ1n) is 6.72. The summed E-state index contributed by atoms with van der Waals surface area (Å²) in [6.07, 6.45) is 0. The van der Waals surface area contributed by atoms with Crippen LogP contribution in [0.1, 0.15) is 28.3 Å². The Kier molecular flexibility index (Phi) is 4.91. The van der Waals surface area contributed by atoms with Crippen LogP contribution in [0.4, 0.5) is 0 Å². The molecule has 0 heterocycles. The molecule has 0 fully saturated rings. The van der Waals surface area contributed by atoms with Gasteiger partial charge in [-0.3, -0.25) is 0 Å². The second-order valence-corrected chi connectivity index (χ2v) is 5.90. The van der Waals surface area contributed by atoms with Gasteiger partial charge < -0.3 is 15.2 Å². The van der Waals surface area contributed by atoms with Crippen molar-refractivity contribution in [3.63, 3.8) is 0 Å². The predicted octanol–water partition coefficient (Wildman–Crippen LogP) is 4.13. The molecule has 21 heavy (non-hydrogen) atoms. The monoisotopic (exact) mass is 349 g/mol. The fourth-order valence-corrected chi connectivity index (χ4v) is 3.22. The zero-order valence-electron chi connectivity index (χ0n) is 12.7. The Hall–Kier alpha value is -1.52. The second kappa shape index (κ2) is 6.50. The molecule has 2 aromatic carbocycles. The molecule has 1 unspecified atom stereocenters. The topological polar surface area (TPSA) is 44.5 Å². The van der Waals surface area contributed by atoms with Crippen LogP contribution in [-0.2, 0) is 0 Å². The highest BCUT2D eigenvalue weighted by Gasteiger charge is 2.19. The van der Waals surface area contributed by atoms with Crippen molar-refractivity contribution in [3.8, 4) is 11.5 Å². The van der Waals surface area contributed by atoms with Gasteiger partial charge in [-0.1, -0.05) is 29.3 Å². The largest absolute Gasteiger partial charge is 0.495 e. The van der Waals surface area contributed by atoms with E-state index in [1.807, 2.05) is 12.1 Å². The number of ether oxygens (including phenoxy) is 2. The highest BCUT2D eigenvalue weighted by atomic mass is 79.9. The van der Waals surface area contributed by atoms with Crippen LogP contribution in [0.25, 0.3) is 0 Å². The maximum atomic E-state index is 6.45. The SMILES string of the molecule is COc1ccc(C(N)c2cc(C)cc(C)c2)c(OC)c1Br. The number of hydrogen-bond donors (Lipinski definition) is 1. The molecule has 3 nitrogen and oxygen atoms in total. The average Bonchev–Trinajstić information content (AvgIpc) is 2.45. The smallest absolute Gasteiger partial charge is 0.141 e. The Balaban J connectivity index is 2.52. The van der Waals surface area contributed by atoms with Crippen LogP contribution in [0.3, 0.4) is 0 Å². The first-order chi connectivity index (χ1) is 9.97. The highest BCUT2D eigenvalue weighted by Crippen LogP contribution is 2.40. The fourth-order valence-electron chi connectivity index (χ4n) is 2.53. The van der Waals surface area contributed by atoms with E-state index in [0.717, 1.165) is 21.3 Å². The molecule has 112 valence electrons. The van der Waals surface area contributed by atoms with E-state index in [4.69, 9.17) is 15.2 Å². The molecule has 0 spiro atoms. The van der Waals surface area contributed by atoms with E-state index in [0.29, 0.717) is 5.75 Å². The first-order valence-corrected chi connectivity index (χ1v) is 7.51. The number of aryl methyl sites for hydroxylation is 2. The third-order valence-corrected chi connectivity index (χ3v) is 4.21. The van der Waals surface area contributed by atoms with Crippen LogP contribution in [0.5, 0.6) is 11.5 Å². The predicted molar refractivity (Wildman–Crippen MR) is 89.2 cm³/mol. The first kappa shape index (κ1) is 15.9. The highest BCUT2D eigenvalue weighted by molar-refractivity contribution is 9.10. The number of methoxy groups -OCH3 is 2. The minimum Gasteiger partial charge on any atom is -0.495 e. The van der Waals surface area contributed by atoms with Crippen molar-refractivity contribution in [1.82, 2.24) is 0 Å². The van der Waals surface area contributed by atoms with Gasteiger partial charge in [0, 0.05) is 5.56 Å². The summed E-state index contributed by atoms with van der Waals surface area (Å²) in [5, 5.41) is 0. The lowest BCUT2D eigenvalue weighted by atomic mass is 9.95. The third-order valence-electron chi connectivity index (χ3n) is 3.45. The lowest BCUT2D eigenvalue weighted by Gasteiger charge is -2.19. The van der Waals surface area contributed by atoms with Crippen LogP contribution < -0.4 is 15.2 Å². The second-order valence-electron chi connectivity index (χ2n) is 5.10. The van der Waals surface area contributed by atoms with Crippen LogP contribution in [0.2, 0.25) is 0 Å². The van der Waals surface area contributed by atoms with E-state index in [1.165, 1.54) is 11.1 Å². The molecule has 4 heteroatoms. The summed E-state index contributed by atoms with van der Waals surface area (Å²) >= 11 is 3.52. The number of hydrogen-bond acceptors (Lipinski definition) is 3. The van der Waals surface area contributed by atoms with Gasteiger partial charge in [0.15, 0.2) is 0 Å². The van der Waals surface area contributed by atoms with Gasteiger partial charge in [0.05, 0.1) is 20.3 Å². The van der Waals surface area contributed by atoms with E-state index in [9.17, 15) is 0 Å². The van der Waals surface area contributed by atoms with Crippen molar-refractivity contribution in [2.75, 3.05) is 14.2 Å². The van der Waals surface area contributed by atoms with E-state index in [2.05, 4.69) is 48.0 Å². The van der Waals surface area contributed by atoms with E-state index in [-0.39, 0.29) is 6.04 Å². The standard InChI is InChI=1S/C17H20BrNO2/c1-10-7-11(2)9-12(8-10)16(19)13-5-6-14(20-3)15(18)17(13)21-4/h5-9,16H,19H2,1-4H3. The van der Waals surface area contributed by atoms with Crippen molar-refractivity contribution < 1.29 is 9.47 Å². The van der Waals surface area contributed by atoms with Crippen molar-refractivity contribution >= 4 is 15.9 Å². The van der Waals surface area contributed by atoms with Crippen molar-refractivity contribution in [1.29, 1.82) is 0 Å². The molecule has 0 saturated carbocycles. The third kappa shape index (κ3) is 3.22. The van der Waals surface area contributed by atoms with Crippen molar-refractivity contribution in [2.45, 2.75) is 19.9 Å². The van der Waals surface area contributed by atoms with Gasteiger partial charge in [0.2, 0.25) is 0 Å². The molecule has 0 saturated heterocycles. The number of rotatable bonds is 4. The summed E-state index contributed by atoms with van der Waals surface area (Å²) in [4.78, 5) is 0. The molecular formula is C17H20BrNO2. The molecule has 2 aromatic rings. The minimum atomic E-state index is -0.249. The maximum Gasteiger partial charge on any atom is 0.141 e. The summed E-state index contributed by atoms with van der Waals surface area (Å²) in [7, 11) is 3.26. The summed E-state index contributed by atoms with van der Waals surface area (Å²) < 4.78 is 11.6. The minimum absolute atomic E-state index is 0.249. The van der Waals surface area contributed by atoms with Gasteiger partial charge in [-0.25, -0.2) is 0 Å². The summed E-state index contributed by atoms with van der Waals surface area (Å²) in [5.74, 6) is 1.43. The molecule has 2 N–H and O–H groups in total. The van der Waals surface area contributed by atoms with Gasteiger partial charge in [0.25, 0.3) is 0 Å². The summed E-state index contributed by atoms with van der Waals surface area (Å²) in [6, 6.07) is 9.94. The molecule has 0 amide bonds. The van der Waals surface area contributed by atoms with Crippen LogP contribution in [-0.4, -0.2) is 14.2 Å². The van der Waals surface area contributed by atoms with Crippen molar-refractivity contribution in [3.05, 3.63) is 57.1 Å². The Labute approximate surface area is 134 Å². The number of halogens is 1. The molecular weight excluding hydrogens is 330 g/mol. The van der Waals surface area contributed by atoms with Gasteiger partial charge >= 0.3 is 0 Å². The van der Waals surface area contributed by atoms with Gasteiger partial charge in [0.1, 0.15) is 16.0 Å². The molecule has 0 aliphatic heterocycles. The fraction of sp³-hybridized carbons (Fsp3) is 0.294. The summed E-state index contributed by atoms with van der Waals surface area (Å²) in [6.45, 7) is 4.15. The molecule has 2 rings (SSSR count). The Bertz CT molecular complexity index is 635. The number of benzene rings is 2. The zero-order chi connectivity index (χ0) is 15.6. The van der Waals surface area contributed by atoms with E-state index < -0.39 is 0 Å². The summed E-state index contributed by atoms with van der Waals surface area (Å²) in [5.41, 5.74) is 10.8. The Morgan fingerprint density at radius 3 is 2.14 bits per heavy atom. The number of nitrogens with two attached hydrogens (primary N) is 1. The van der Waals surface area contributed by atoms with Crippen molar-refractivity contribution in [2.24, 2.45) is 5.73 Å². The normalized spacial score (nSPS) is 12.1. The quantitative estimate of drug-likeness (QED) is 0.902. The Morgan fingerprint density at radius 2 is 1.62 bits per heavy atom. The average molecular weight is 350 g/mol. The van der Waals surface area contributed by atoms with Gasteiger partial charge in [-0.2, -0.15) is 0 Å². The molecule has 0 aliphatic carbocycles. The molecule has 0 aliphatic rings. The van der Waals surface area contributed by atoms with Crippen LogP contribution in [0.15, 0.2) is 34.8 Å². The van der Waals surface area contributed by atoms with Crippen LogP contribution in [0, 0.1) is 13.8 Å². The lowest BCUT2D eigenvalue weighted by Crippen LogP contribution is -2.14. The lowest BCUT2D eigenvalue weighted by molar-refractivity contribution is 0.385. The van der Waals surface area contributed by atoms with Gasteiger partial charge in [-0.15, -0.1) is 0 Å². The molecule has 0 aromatic heterocycles. The van der Waals surface area contributed by atoms with Gasteiger partial charge in [-0.05, 0) is 47.5 Å². The molecule has 1 atom stereocenters. The van der Waals surface area contributed by atoms with E-state index >= 15 is 0 Å². The molecule has 0 bridgehead atoms. The van der Waals surface area contributed by atoms with Crippen LogP contribution >= 0.6 is 15.9 Å². The van der Waals surface area contributed by atoms with E-state index in [1.54, 1.807) is 14.2 Å². The maximum absolute atomic E-state index is 6.45.